The third kappa shape index (κ3) is 7.12. The lowest BCUT2D eigenvalue weighted by Crippen LogP contribution is -2.37. The van der Waals surface area contributed by atoms with E-state index < -0.39 is 11.7 Å². The fourth-order valence-electron chi connectivity index (χ4n) is 4.66. The fourth-order valence-corrected chi connectivity index (χ4v) is 4.66. The van der Waals surface area contributed by atoms with Crippen molar-refractivity contribution >= 4 is 11.9 Å². The van der Waals surface area contributed by atoms with Gasteiger partial charge in [-0.3, -0.25) is 9.59 Å². The highest BCUT2D eigenvalue weighted by Gasteiger charge is 2.42. The van der Waals surface area contributed by atoms with E-state index in [4.69, 9.17) is 9.47 Å². The molecule has 0 aliphatic heterocycles. The van der Waals surface area contributed by atoms with E-state index in [1.807, 2.05) is 12.1 Å². The molecule has 1 N–H and O–H groups in total. The Morgan fingerprint density at radius 1 is 1.13 bits per heavy atom. The summed E-state index contributed by atoms with van der Waals surface area (Å²) < 4.78 is 50.7. The molecule has 1 fully saturated rings. The van der Waals surface area contributed by atoms with E-state index in [1.54, 1.807) is 19.1 Å². The first-order valence-electron chi connectivity index (χ1n) is 12.6. The molecule has 39 heavy (non-hydrogen) atoms. The maximum Gasteiger partial charge on any atom is 0.419 e. The van der Waals surface area contributed by atoms with Gasteiger partial charge in [0.2, 0.25) is 0 Å². The van der Waals surface area contributed by atoms with Crippen LogP contribution in [-0.4, -0.2) is 44.8 Å². The molecule has 1 unspecified atom stereocenters. The number of hydrogen-bond acceptors (Lipinski definition) is 7. The molecule has 208 valence electrons. The summed E-state index contributed by atoms with van der Waals surface area (Å²) in [5.74, 6) is -0.118. The van der Waals surface area contributed by atoms with E-state index in [0.717, 1.165) is 29.3 Å². The van der Waals surface area contributed by atoms with Gasteiger partial charge in [-0.25, -0.2) is 14.6 Å². The number of aromatic nitrogens is 4. The summed E-state index contributed by atoms with van der Waals surface area (Å²) >= 11 is 0. The Labute approximate surface area is 223 Å². The molecule has 1 aliphatic carbocycles. The third-order valence-electron chi connectivity index (χ3n) is 6.47. The van der Waals surface area contributed by atoms with Crippen LogP contribution in [0.3, 0.4) is 0 Å². The monoisotopic (exact) mass is 545 g/mol. The van der Waals surface area contributed by atoms with Crippen molar-refractivity contribution in [1.82, 2.24) is 25.1 Å². The Morgan fingerprint density at radius 2 is 1.79 bits per heavy atom. The van der Waals surface area contributed by atoms with Gasteiger partial charge in [-0.15, -0.1) is 0 Å². The lowest BCUT2D eigenvalue weighted by molar-refractivity contribution is -0.143. The van der Waals surface area contributed by atoms with Gasteiger partial charge in [-0.05, 0) is 42.9 Å². The van der Waals surface area contributed by atoms with E-state index in [9.17, 15) is 22.8 Å². The lowest BCUT2D eigenvalue weighted by Gasteiger charge is -2.46. The summed E-state index contributed by atoms with van der Waals surface area (Å²) in [6.07, 6.45) is 1.45. The molecule has 3 aromatic rings. The van der Waals surface area contributed by atoms with Crippen LogP contribution >= 0.6 is 0 Å². The maximum atomic E-state index is 12.9. The van der Waals surface area contributed by atoms with Crippen LogP contribution in [0.25, 0.3) is 5.95 Å². The van der Waals surface area contributed by atoms with E-state index in [-0.39, 0.29) is 48.2 Å². The van der Waals surface area contributed by atoms with Crippen molar-refractivity contribution < 1.29 is 32.2 Å². The normalized spacial score (nSPS) is 15.7. The molecule has 12 heteroatoms. The number of carbonyl (C=O) groups excluding carboxylic acids is 2. The molecule has 1 saturated carbocycles. The standard InChI is InChI=1S/C27H30F3N5O4/c1-4-38-22(36)9-10-31-24(37)18-7-5-17(6-8-18)23(19-11-26(2,3)12-19)39-21-14-32-25(33-15-21)35-16-20(13-34-35)27(28,29)30/h5-8,13-16,19,23H,4,9-12H2,1-3H3,(H,31,37). The van der Waals surface area contributed by atoms with Gasteiger partial charge in [0, 0.05) is 24.2 Å². The Morgan fingerprint density at radius 3 is 2.36 bits per heavy atom. The molecule has 0 bridgehead atoms. The summed E-state index contributed by atoms with van der Waals surface area (Å²) in [5.41, 5.74) is 0.599. The number of nitrogens with zero attached hydrogens (tertiary/aromatic N) is 4. The van der Waals surface area contributed by atoms with Crippen LogP contribution in [-0.2, 0) is 15.7 Å². The molecule has 2 heterocycles. The predicted molar refractivity (Wildman–Crippen MR) is 134 cm³/mol. The minimum atomic E-state index is -4.51. The number of carbonyl (C=O) groups is 2. The molecule has 0 radical (unpaired) electrons. The van der Waals surface area contributed by atoms with Crippen LogP contribution in [0.5, 0.6) is 5.75 Å². The second-order valence-electron chi connectivity index (χ2n) is 10.2. The number of alkyl halides is 3. The lowest BCUT2D eigenvalue weighted by atomic mass is 9.62. The first-order chi connectivity index (χ1) is 18.4. The number of benzene rings is 1. The van der Waals surface area contributed by atoms with Crippen LogP contribution in [0, 0.1) is 11.3 Å². The molecule has 1 amide bonds. The summed E-state index contributed by atoms with van der Waals surface area (Å²) in [6.45, 7) is 6.55. The molecule has 2 aromatic heterocycles. The topological polar surface area (TPSA) is 108 Å². The summed E-state index contributed by atoms with van der Waals surface area (Å²) in [7, 11) is 0. The van der Waals surface area contributed by atoms with Gasteiger partial charge in [0.1, 0.15) is 6.10 Å². The third-order valence-corrected chi connectivity index (χ3v) is 6.47. The molecule has 1 atom stereocenters. The minimum Gasteiger partial charge on any atom is -0.482 e. The Kier molecular flexibility index (Phi) is 8.22. The zero-order chi connectivity index (χ0) is 28.2. The van der Waals surface area contributed by atoms with E-state index in [0.29, 0.717) is 24.1 Å². The van der Waals surface area contributed by atoms with Crippen molar-refractivity contribution in [2.24, 2.45) is 11.3 Å². The Balaban J connectivity index is 1.44. The zero-order valence-corrected chi connectivity index (χ0v) is 21.9. The molecule has 4 rings (SSSR count). The van der Waals surface area contributed by atoms with Crippen molar-refractivity contribution in [1.29, 1.82) is 0 Å². The smallest absolute Gasteiger partial charge is 0.419 e. The Bertz CT molecular complexity index is 1280. The first kappa shape index (κ1) is 28.1. The summed E-state index contributed by atoms with van der Waals surface area (Å²) in [6, 6.07) is 7.05. The van der Waals surface area contributed by atoms with Crippen molar-refractivity contribution in [2.75, 3.05) is 13.2 Å². The van der Waals surface area contributed by atoms with Crippen LogP contribution in [0.4, 0.5) is 13.2 Å². The molecule has 0 saturated heterocycles. The van der Waals surface area contributed by atoms with E-state index in [1.165, 1.54) is 12.4 Å². The molecular formula is C27H30F3N5O4. The number of rotatable bonds is 10. The van der Waals surface area contributed by atoms with E-state index >= 15 is 0 Å². The SMILES string of the molecule is CCOC(=O)CCNC(=O)c1ccc(C(Oc2cnc(-n3cc(C(F)(F)F)cn3)nc2)C2CC(C)(C)C2)cc1. The Hall–Kier alpha value is -3.96. The minimum absolute atomic E-state index is 0.0162. The number of ether oxygens (including phenoxy) is 2. The van der Waals surface area contributed by atoms with Crippen molar-refractivity contribution in [3.8, 4) is 11.7 Å². The molecule has 1 aromatic carbocycles. The number of esters is 1. The highest BCUT2D eigenvalue weighted by atomic mass is 19.4. The van der Waals surface area contributed by atoms with E-state index in [2.05, 4.69) is 34.2 Å². The summed E-state index contributed by atoms with van der Waals surface area (Å²) in [4.78, 5) is 32.2. The molecular weight excluding hydrogens is 515 g/mol. The first-order valence-corrected chi connectivity index (χ1v) is 12.6. The average Bonchev–Trinajstić information content (AvgIpc) is 3.38. The number of halogens is 3. The van der Waals surface area contributed by atoms with Crippen molar-refractivity contribution in [2.45, 2.75) is 52.3 Å². The van der Waals surface area contributed by atoms with Gasteiger partial charge >= 0.3 is 12.1 Å². The number of amides is 1. The van der Waals surface area contributed by atoms with Crippen molar-refractivity contribution in [3.63, 3.8) is 0 Å². The predicted octanol–water partition coefficient (Wildman–Crippen LogP) is 4.92. The molecule has 0 spiro atoms. The highest BCUT2D eigenvalue weighted by molar-refractivity contribution is 5.94. The number of nitrogens with one attached hydrogen (secondary N) is 1. The maximum absolute atomic E-state index is 12.9. The molecule has 9 nitrogen and oxygen atoms in total. The highest BCUT2D eigenvalue weighted by Crippen LogP contribution is 2.51. The van der Waals surface area contributed by atoms with Gasteiger partial charge in [-0.2, -0.15) is 18.3 Å². The summed E-state index contributed by atoms with van der Waals surface area (Å²) in [5, 5.41) is 6.39. The van der Waals surface area contributed by atoms with Gasteiger partial charge in [0.05, 0.1) is 37.2 Å². The van der Waals surface area contributed by atoms with Gasteiger partial charge in [0.25, 0.3) is 11.9 Å². The van der Waals surface area contributed by atoms with Crippen LogP contribution in [0.1, 0.15) is 67.6 Å². The second-order valence-corrected chi connectivity index (χ2v) is 10.2. The zero-order valence-electron chi connectivity index (χ0n) is 21.9. The quantitative estimate of drug-likeness (QED) is 0.360. The fraction of sp³-hybridized carbons (Fsp3) is 0.444. The van der Waals surface area contributed by atoms with Crippen molar-refractivity contribution in [3.05, 3.63) is 65.7 Å². The van der Waals surface area contributed by atoms with Crippen LogP contribution < -0.4 is 10.1 Å². The van der Waals surface area contributed by atoms with Crippen LogP contribution in [0.15, 0.2) is 49.1 Å². The van der Waals surface area contributed by atoms with Gasteiger partial charge in [0.15, 0.2) is 5.75 Å². The second kappa shape index (κ2) is 11.4. The largest absolute Gasteiger partial charge is 0.482 e. The van der Waals surface area contributed by atoms with Gasteiger partial charge in [-0.1, -0.05) is 26.0 Å². The van der Waals surface area contributed by atoms with Gasteiger partial charge < -0.3 is 14.8 Å². The molecule has 1 aliphatic rings. The average molecular weight is 546 g/mol. The van der Waals surface area contributed by atoms with Crippen LogP contribution in [0.2, 0.25) is 0 Å². The number of hydrogen-bond donors (Lipinski definition) is 1.